The first-order valence-electron chi connectivity index (χ1n) is 14.1. The molecule has 0 heterocycles. The first-order chi connectivity index (χ1) is 19.3. The van der Waals surface area contributed by atoms with Crippen molar-refractivity contribution < 1.29 is 34.8 Å². The van der Waals surface area contributed by atoms with Crippen LogP contribution in [0.3, 0.4) is 0 Å². The number of benzene rings is 2. The number of aryl methyl sites for hydroxylation is 1. The average Bonchev–Trinajstić information content (AvgIpc) is 3.22. The molecular formula is C31H41NO8. The Bertz CT molecular complexity index is 1080. The summed E-state index contributed by atoms with van der Waals surface area (Å²) in [5.74, 6) is -0.421. The Morgan fingerprint density at radius 1 is 0.975 bits per heavy atom. The topological polar surface area (TPSA) is 139 Å². The van der Waals surface area contributed by atoms with E-state index in [0.29, 0.717) is 50.5 Å². The summed E-state index contributed by atoms with van der Waals surface area (Å²) in [5.41, 5.74) is 2.55. The van der Waals surface area contributed by atoms with Crippen LogP contribution in [0.15, 0.2) is 66.7 Å². The zero-order chi connectivity index (χ0) is 28.7. The summed E-state index contributed by atoms with van der Waals surface area (Å²) < 4.78 is 5.31. The molecule has 0 aliphatic heterocycles. The van der Waals surface area contributed by atoms with Crippen molar-refractivity contribution in [1.29, 1.82) is 0 Å². The molecule has 5 atom stereocenters. The van der Waals surface area contributed by atoms with Crippen molar-refractivity contribution in [3.8, 4) is 0 Å². The van der Waals surface area contributed by atoms with E-state index < -0.39 is 23.4 Å². The molecule has 0 radical (unpaired) electrons. The third-order valence-electron chi connectivity index (χ3n) is 7.52. The second-order valence-corrected chi connectivity index (χ2v) is 10.5. The molecule has 2 aromatic rings. The number of ether oxygens (including phenoxy) is 1. The van der Waals surface area contributed by atoms with Gasteiger partial charge in [0.15, 0.2) is 0 Å². The minimum absolute atomic E-state index is 0.0504. The number of carbonyl (C=O) groups excluding carboxylic acids is 1. The number of unbranched alkanes of at least 4 members (excludes halogenated alkanes) is 1. The van der Waals surface area contributed by atoms with Crippen molar-refractivity contribution in [2.24, 2.45) is 11.8 Å². The Balaban J connectivity index is 1.32. The molecule has 0 spiro atoms. The van der Waals surface area contributed by atoms with E-state index in [4.69, 9.17) is 4.74 Å². The van der Waals surface area contributed by atoms with Gasteiger partial charge in [0.2, 0.25) is 0 Å². The van der Waals surface area contributed by atoms with Crippen molar-refractivity contribution in [2.75, 3.05) is 0 Å². The number of carbonyl (C=O) groups is 1. The number of rotatable bonds is 17. The van der Waals surface area contributed by atoms with Gasteiger partial charge in [-0.15, -0.1) is 10.1 Å². The number of esters is 1. The van der Waals surface area contributed by atoms with Crippen LogP contribution in [0.1, 0.15) is 68.1 Å². The third-order valence-corrected chi connectivity index (χ3v) is 7.52. The van der Waals surface area contributed by atoms with E-state index in [1.807, 2.05) is 30.4 Å². The lowest BCUT2D eigenvalue weighted by Crippen LogP contribution is -2.23. The Hall–Kier alpha value is -3.27. The summed E-state index contributed by atoms with van der Waals surface area (Å²) in [4.78, 5) is 26.8. The van der Waals surface area contributed by atoms with Crippen molar-refractivity contribution in [3.63, 3.8) is 0 Å². The first kappa shape index (κ1) is 31.3. The molecule has 218 valence electrons. The average molecular weight is 556 g/mol. The molecule has 0 bridgehead atoms. The monoisotopic (exact) mass is 555 g/mol. The number of hydrogen-bond donors (Lipinski definition) is 3. The van der Waals surface area contributed by atoms with Crippen LogP contribution >= 0.6 is 0 Å². The number of hydrogen-bond acceptors (Lipinski definition) is 8. The van der Waals surface area contributed by atoms with E-state index in [1.165, 1.54) is 5.56 Å². The van der Waals surface area contributed by atoms with Crippen LogP contribution < -0.4 is 0 Å². The van der Waals surface area contributed by atoms with Gasteiger partial charge in [-0.05, 0) is 79.9 Å². The van der Waals surface area contributed by atoms with Crippen LogP contribution in [-0.4, -0.2) is 44.7 Å². The molecule has 3 N–H and O–H groups in total. The van der Waals surface area contributed by atoms with Crippen molar-refractivity contribution >= 4 is 5.97 Å². The fourth-order valence-electron chi connectivity index (χ4n) is 5.32. The number of allylic oxidation sites excluding steroid dienone is 2. The molecule has 40 heavy (non-hydrogen) atoms. The summed E-state index contributed by atoms with van der Waals surface area (Å²) in [6.07, 6.45) is 7.78. The summed E-state index contributed by atoms with van der Waals surface area (Å²) in [6, 6.07) is 17.0. The van der Waals surface area contributed by atoms with E-state index >= 15 is 0 Å². The number of nitrogens with zero attached hydrogens (tertiary/aromatic N) is 1. The van der Waals surface area contributed by atoms with Crippen molar-refractivity contribution in [2.45, 2.75) is 89.3 Å². The summed E-state index contributed by atoms with van der Waals surface area (Å²) >= 11 is 0. The van der Waals surface area contributed by atoms with Gasteiger partial charge >= 0.3 is 5.97 Å². The molecule has 1 saturated carbocycles. The minimum Gasteiger partial charge on any atom is -0.461 e. The second-order valence-electron chi connectivity index (χ2n) is 10.5. The van der Waals surface area contributed by atoms with Gasteiger partial charge in [0.1, 0.15) is 13.2 Å². The Labute approximate surface area is 235 Å². The molecule has 1 fully saturated rings. The quantitative estimate of drug-likeness (QED) is 0.0840. The van der Waals surface area contributed by atoms with Crippen LogP contribution in [-0.2, 0) is 34.0 Å². The molecule has 5 unspecified atom stereocenters. The van der Waals surface area contributed by atoms with Crippen LogP contribution in [0.5, 0.6) is 0 Å². The Morgan fingerprint density at radius 3 is 2.42 bits per heavy atom. The maximum Gasteiger partial charge on any atom is 0.306 e. The standard InChI is InChI=1S/C31H41NO8/c33-26(16-15-23-9-4-3-5-10-23)17-18-28-27(29(34)20-30(28)35)13-6-1-2-7-14-31(36)39-21-24-11-8-12-25(19-24)22-40-32(37)38/h1,3-6,8-12,19,26-30,33-35H,2,7,13-18,20-22H2/b6-1-. The van der Waals surface area contributed by atoms with Gasteiger partial charge in [-0.25, -0.2) is 0 Å². The van der Waals surface area contributed by atoms with Crippen LogP contribution in [0.2, 0.25) is 0 Å². The molecule has 0 amide bonds. The number of aliphatic hydroxyl groups excluding tert-OH is 3. The predicted octanol–water partition coefficient (Wildman–Crippen LogP) is 4.69. The first-order valence-corrected chi connectivity index (χ1v) is 14.1. The van der Waals surface area contributed by atoms with Crippen LogP contribution in [0.25, 0.3) is 0 Å². The Kier molecular flexibility index (Phi) is 13.1. The zero-order valence-electron chi connectivity index (χ0n) is 22.8. The van der Waals surface area contributed by atoms with E-state index in [1.54, 1.807) is 24.3 Å². The van der Waals surface area contributed by atoms with Crippen molar-refractivity contribution in [3.05, 3.63) is 93.6 Å². The predicted molar refractivity (Wildman–Crippen MR) is 149 cm³/mol. The molecule has 3 rings (SSSR count). The summed E-state index contributed by atoms with van der Waals surface area (Å²) in [6.45, 7) is -0.0688. The molecular weight excluding hydrogens is 514 g/mol. The minimum atomic E-state index is -0.848. The summed E-state index contributed by atoms with van der Waals surface area (Å²) in [7, 11) is 0. The van der Waals surface area contributed by atoms with E-state index in [0.717, 1.165) is 12.0 Å². The highest BCUT2D eigenvalue weighted by Crippen LogP contribution is 2.38. The van der Waals surface area contributed by atoms with E-state index in [2.05, 4.69) is 17.0 Å². The largest absolute Gasteiger partial charge is 0.461 e. The molecule has 0 aromatic heterocycles. The maximum absolute atomic E-state index is 12.1. The van der Waals surface area contributed by atoms with Crippen molar-refractivity contribution in [1.82, 2.24) is 0 Å². The van der Waals surface area contributed by atoms with Gasteiger partial charge in [0, 0.05) is 6.42 Å². The van der Waals surface area contributed by atoms with Gasteiger partial charge in [-0.3, -0.25) is 4.79 Å². The van der Waals surface area contributed by atoms with Crippen LogP contribution in [0.4, 0.5) is 0 Å². The second kappa shape index (κ2) is 16.7. The zero-order valence-corrected chi connectivity index (χ0v) is 22.8. The summed E-state index contributed by atoms with van der Waals surface area (Å²) in [5, 5.41) is 40.9. The van der Waals surface area contributed by atoms with Gasteiger partial charge < -0.3 is 24.9 Å². The molecule has 1 aliphatic rings. The fraction of sp³-hybridized carbons (Fsp3) is 0.516. The number of aliphatic hydroxyl groups is 3. The smallest absolute Gasteiger partial charge is 0.306 e. The van der Waals surface area contributed by atoms with E-state index in [9.17, 15) is 30.2 Å². The SMILES string of the molecule is O=C(CCC/C=C\CC1C(O)CC(O)C1CCC(O)CCc1ccccc1)OCc1cccc(CO[N+](=O)[O-])c1. The highest BCUT2D eigenvalue weighted by molar-refractivity contribution is 5.69. The van der Waals surface area contributed by atoms with Gasteiger partial charge in [0.05, 0.1) is 18.3 Å². The van der Waals surface area contributed by atoms with E-state index in [-0.39, 0.29) is 37.4 Å². The molecule has 0 saturated heterocycles. The molecule has 9 nitrogen and oxygen atoms in total. The van der Waals surface area contributed by atoms with Gasteiger partial charge in [-0.1, -0.05) is 66.7 Å². The van der Waals surface area contributed by atoms with Gasteiger partial charge in [0.25, 0.3) is 5.09 Å². The lowest BCUT2D eigenvalue weighted by Gasteiger charge is -2.23. The Morgan fingerprint density at radius 2 is 1.68 bits per heavy atom. The lowest BCUT2D eigenvalue weighted by atomic mass is 9.85. The molecule has 9 heteroatoms. The van der Waals surface area contributed by atoms with Gasteiger partial charge in [-0.2, -0.15) is 0 Å². The third kappa shape index (κ3) is 11.1. The fourth-order valence-corrected chi connectivity index (χ4v) is 5.32. The highest BCUT2D eigenvalue weighted by atomic mass is 16.9. The molecule has 1 aliphatic carbocycles. The highest BCUT2D eigenvalue weighted by Gasteiger charge is 2.40. The normalized spacial score (nSPS) is 21.4. The maximum atomic E-state index is 12.1. The van der Waals surface area contributed by atoms with Crippen LogP contribution in [0, 0.1) is 22.0 Å². The molecule has 2 aromatic carbocycles. The lowest BCUT2D eigenvalue weighted by molar-refractivity contribution is -0.763.